The number of nitrogens with zero attached hydrogens (tertiary/aromatic N) is 4. The molecule has 0 saturated heterocycles. The highest BCUT2D eigenvalue weighted by atomic mass is 16.3. The van der Waals surface area contributed by atoms with Crippen LogP contribution in [0, 0.1) is 49.4 Å². The van der Waals surface area contributed by atoms with E-state index in [9.17, 15) is 0 Å². The highest BCUT2D eigenvalue weighted by Gasteiger charge is 2.56. The minimum absolute atomic E-state index is 0.102. The van der Waals surface area contributed by atoms with Crippen molar-refractivity contribution < 1.29 is 4.42 Å². The Kier molecular flexibility index (Phi) is 8.14. The number of aromatic nitrogens is 3. The summed E-state index contributed by atoms with van der Waals surface area (Å²) >= 11 is 0. The van der Waals surface area contributed by atoms with Gasteiger partial charge in [-0.25, -0.2) is 15.0 Å². The minimum atomic E-state index is -0.672. The lowest BCUT2D eigenvalue weighted by atomic mass is 9.49. The van der Waals surface area contributed by atoms with Crippen molar-refractivity contribution in [2.75, 3.05) is 4.90 Å². The van der Waals surface area contributed by atoms with E-state index in [2.05, 4.69) is 152 Å². The van der Waals surface area contributed by atoms with Gasteiger partial charge in [-0.3, -0.25) is 0 Å². The highest BCUT2D eigenvalue weighted by molar-refractivity contribution is 6.07. The predicted octanol–water partition coefficient (Wildman–Crippen LogP) is 15.2. The predicted molar refractivity (Wildman–Crippen MR) is 268 cm³/mol. The molecule has 5 heteroatoms. The third-order valence-electron chi connectivity index (χ3n) is 18.8. The van der Waals surface area contributed by atoms with Gasteiger partial charge >= 0.3 is 0 Å². The maximum absolute atomic E-state index is 6.93. The second-order valence-corrected chi connectivity index (χ2v) is 22.9. The second kappa shape index (κ2) is 14.0. The van der Waals surface area contributed by atoms with E-state index in [0.29, 0.717) is 0 Å². The van der Waals surface area contributed by atoms with Gasteiger partial charge in [-0.05, 0) is 185 Å². The number of benzene rings is 6. The first-order chi connectivity index (χ1) is 32.8. The Morgan fingerprint density at radius 1 is 0.478 bits per heavy atom. The summed E-state index contributed by atoms with van der Waals surface area (Å²) < 4.78 is 6.93. The molecule has 17 rings (SSSR count). The van der Waals surface area contributed by atoms with Gasteiger partial charge < -0.3 is 9.32 Å². The molecule has 0 radical (unpaired) electrons. The molecule has 8 fully saturated rings. The lowest BCUT2D eigenvalue weighted by molar-refractivity contribution is -0.0155. The van der Waals surface area contributed by atoms with Gasteiger partial charge in [0.15, 0.2) is 5.82 Å². The maximum Gasteiger partial charge on any atom is 0.163 e. The van der Waals surface area contributed by atoms with Crippen LogP contribution in [-0.2, 0) is 16.2 Å². The van der Waals surface area contributed by atoms with Gasteiger partial charge in [-0.15, -0.1) is 0 Å². The zero-order valence-corrected chi connectivity index (χ0v) is 38.8. The average Bonchev–Trinajstić information content (AvgIpc) is 3.72. The first-order valence-corrected chi connectivity index (χ1v) is 25.7. The molecule has 3 heterocycles. The minimum Gasteiger partial charge on any atom is -0.456 e. The molecule has 8 saturated carbocycles. The largest absolute Gasteiger partial charge is 0.456 e. The van der Waals surface area contributed by atoms with Crippen LogP contribution in [0.5, 0.6) is 0 Å². The van der Waals surface area contributed by atoms with Gasteiger partial charge in [0, 0.05) is 38.4 Å². The van der Waals surface area contributed by atoms with Crippen LogP contribution in [0.25, 0.3) is 33.3 Å². The Morgan fingerprint density at radius 2 is 0.940 bits per heavy atom. The highest BCUT2D eigenvalue weighted by Crippen LogP contribution is 2.64. The van der Waals surface area contributed by atoms with Crippen molar-refractivity contribution >= 4 is 39.0 Å². The molecule has 8 aliphatic carbocycles. The van der Waals surface area contributed by atoms with E-state index in [0.717, 1.165) is 97.5 Å². The summed E-state index contributed by atoms with van der Waals surface area (Å²) in [5.41, 5.74) is 13.3. The summed E-state index contributed by atoms with van der Waals surface area (Å²) in [6.07, 6.45) is 16.1. The van der Waals surface area contributed by atoms with Crippen LogP contribution in [0.2, 0.25) is 0 Å². The summed E-state index contributed by atoms with van der Waals surface area (Å²) in [5, 5.41) is 2.28. The number of rotatable bonds is 6. The molecule has 9 aliphatic rings. The van der Waals surface area contributed by atoms with Crippen molar-refractivity contribution in [3.05, 3.63) is 178 Å². The Labute approximate surface area is 394 Å². The average molecular weight is 875 g/mol. The lowest BCUT2D eigenvalue weighted by Gasteiger charge is -2.57. The zero-order chi connectivity index (χ0) is 44.2. The number of hydrogen-bond acceptors (Lipinski definition) is 5. The first kappa shape index (κ1) is 39.0. The summed E-state index contributed by atoms with van der Waals surface area (Å²) in [5.74, 6) is 8.23. The molecule has 8 bridgehead atoms. The van der Waals surface area contributed by atoms with Gasteiger partial charge in [0.25, 0.3) is 0 Å². The van der Waals surface area contributed by atoms with Crippen molar-refractivity contribution in [3.63, 3.8) is 0 Å². The Hall–Kier alpha value is -6.07. The van der Waals surface area contributed by atoms with Crippen LogP contribution in [0.15, 0.2) is 138 Å². The molecular formula is C62H58N4O. The van der Waals surface area contributed by atoms with Gasteiger partial charge in [0.1, 0.15) is 22.8 Å². The molecule has 0 N–H and O–H groups in total. The smallest absolute Gasteiger partial charge is 0.163 e. The van der Waals surface area contributed by atoms with Crippen molar-refractivity contribution in [3.8, 4) is 11.4 Å². The van der Waals surface area contributed by atoms with E-state index in [1.54, 1.807) is 0 Å². The Bertz CT molecular complexity index is 3120. The van der Waals surface area contributed by atoms with Gasteiger partial charge in [0.05, 0.1) is 16.8 Å². The SMILES string of the molecule is Cc1cc(N2c3ccccc3C(c3ccccc3)(c3cccc4c3oc3ccccc34)c3ccccc32)cc(C)c1-c1nc(C23CC4CC(CC(C4)C2)C3)nc(C23CC4CC(CC(C4)C2)C3)n1. The molecule has 8 aromatic rings. The molecule has 0 unspecified atom stereocenters. The van der Waals surface area contributed by atoms with E-state index in [1.807, 2.05) is 0 Å². The number of anilines is 3. The number of fused-ring (bicyclic) bond motifs is 5. The van der Waals surface area contributed by atoms with E-state index in [-0.39, 0.29) is 10.8 Å². The molecule has 0 amide bonds. The number of furan rings is 1. The second-order valence-electron chi connectivity index (χ2n) is 22.9. The molecular weight excluding hydrogens is 817 g/mol. The van der Waals surface area contributed by atoms with Crippen LogP contribution in [0.4, 0.5) is 17.1 Å². The third kappa shape index (κ3) is 5.52. The molecule has 0 spiro atoms. The molecule has 1 aliphatic heterocycles. The Morgan fingerprint density at radius 3 is 1.49 bits per heavy atom. The summed E-state index contributed by atoms with van der Waals surface area (Å²) in [4.78, 5) is 19.8. The lowest BCUT2D eigenvalue weighted by Crippen LogP contribution is -2.51. The Balaban J connectivity index is 0.915. The fourth-order valence-electron chi connectivity index (χ4n) is 17.2. The van der Waals surface area contributed by atoms with E-state index in [1.165, 1.54) is 110 Å². The summed E-state index contributed by atoms with van der Waals surface area (Å²) in [7, 11) is 0. The summed E-state index contributed by atoms with van der Waals surface area (Å²) in [6.45, 7) is 4.62. The van der Waals surface area contributed by atoms with Gasteiger partial charge in [-0.1, -0.05) is 103 Å². The molecule has 0 atom stereocenters. The fraction of sp³-hybridized carbons (Fsp3) is 0.371. The van der Waals surface area contributed by atoms with Gasteiger partial charge in [-0.2, -0.15) is 0 Å². The van der Waals surface area contributed by atoms with Crippen molar-refractivity contribution in [2.24, 2.45) is 35.5 Å². The molecule has 332 valence electrons. The van der Waals surface area contributed by atoms with Crippen LogP contribution < -0.4 is 4.90 Å². The van der Waals surface area contributed by atoms with Crippen LogP contribution in [0.1, 0.15) is 122 Å². The zero-order valence-electron chi connectivity index (χ0n) is 38.8. The van der Waals surface area contributed by atoms with E-state index in [4.69, 9.17) is 19.4 Å². The molecule has 5 nitrogen and oxygen atoms in total. The van der Waals surface area contributed by atoms with Gasteiger partial charge in [0.2, 0.25) is 0 Å². The molecule has 2 aromatic heterocycles. The standard InChI is InChI=1S/C62H58N4O/c1-37-23-46(24-38(2)55(37)57-63-58(60-31-39-25-40(32-60)27-41(26-39)33-60)65-59(64-57)61-34-42-28-43(35-61)30-44(29-42)36-61)66-52-20-9-7-17-49(52)62(45-13-4-3-5-14-45,50-18-8-10-21-53(50)66)51-19-12-16-48-47-15-6-11-22-54(47)67-56(48)51/h3-24,39-44H,25-36H2,1-2H3. The maximum atomic E-state index is 6.93. The number of aryl methyl sites for hydroxylation is 2. The van der Waals surface area contributed by atoms with Crippen LogP contribution in [-0.4, -0.2) is 15.0 Å². The third-order valence-corrected chi connectivity index (χ3v) is 18.8. The molecule has 67 heavy (non-hydrogen) atoms. The van der Waals surface area contributed by atoms with Crippen molar-refractivity contribution in [1.82, 2.24) is 15.0 Å². The summed E-state index contributed by atoms with van der Waals surface area (Å²) in [6, 6.07) is 49.3. The van der Waals surface area contributed by atoms with Crippen molar-refractivity contribution in [2.45, 2.75) is 107 Å². The normalized spacial score (nSPS) is 29.4. The van der Waals surface area contributed by atoms with E-state index < -0.39 is 5.41 Å². The monoisotopic (exact) mass is 874 g/mol. The number of para-hydroxylation sites is 4. The number of hydrogen-bond donors (Lipinski definition) is 0. The van der Waals surface area contributed by atoms with Crippen LogP contribution >= 0.6 is 0 Å². The quantitative estimate of drug-likeness (QED) is 0.167. The fourth-order valence-corrected chi connectivity index (χ4v) is 17.2. The van der Waals surface area contributed by atoms with Crippen molar-refractivity contribution in [1.29, 1.82) is 0 Å². The first-order valence-electron chi connectivity index (χ1n) is 25.7. The van der Waals surface area contributed by atoms with Crippen LogP contribution in [0.3, 0.4) is 0 Å². The topological polar surface area (TPSA) is 55.1 Å². The molecule has 6 aromatic carbocycles. The van der Waals surface area contributed by atoms with E-state index >= 15 is 0 Å².